The van der Waals surface area contributed by atoms with Crippen LogP contribution in [0.4, 0.5) is 0 Å². The highest BCUT2D eigenvalue weighted by atomic mass is 16.6. The normalized spacial score (nSPS) is 31.7. The van der Waals surface area contributed by atoms with Crippen LogP contribution < -0.4 is 0 Å². The van der Waals surface area contributed by atoms with Crippen LogP contribution in [-0.4, -0.2) is 73.9 Å². The van der Waals surface area contributed by atoms with Crippen molar-refractivity contribution in [2.75, 3.05) is 6.61 Å². The molecule has 0 spiro atoms. The number of phenolic OH excluding ortho intramolecular Hbond substituents is 2. The molecule has 2 rings (SSSR count). The molecule has 0 bridgehead atoms. The van der Waals surface area contributed by atoms with Gasteiger partial charge in [-0.15, -0.1) is 0 Å². The summed E-state index contributed by atoms with van der Waals surface area (Å²) in [6, 6.07) is 3.30. The lowest BCUT2D eigenvalue weighted by Gasteiger charge is -2.37. The van der Waals surface area contributed by atoms with Gasteiger partial charge in [0.25, 0.3) is 0 Å². The van der Waals surface area contributed by atoms with Gasteiger partial charge in [-0.2, -0.15) is 0 Å². The van der Waals surface area contributed by atoms with E-state index in [2.05, 4.69) is 0 Å². The number of esters is 1. The molecule has 1 aliphatic heterocycles. The number of carbonyl (C=O) groups is 1. The SMILES string of the molecule is O=C(OCC1OC(O)C(O)C(O)C1O)c1ccc(O)c(O)c1. The Bertz CT molecular complexity index is 546. The van der Waals surface area contributed by atoms with Crippen molar-refractivity contribution in [3.63, 3.8) is 0 Å². The molecule has 1 saturated heterocycles. The van der Waals surface area contributed by atoms with Gasteiger partial charge in [0.2, 0.25) is 0 Å². The third-order valence-electron chi connectivity index (χ3n) is 3.28. The molecule has 1 heterocycles. The Kier molecular flexibility index (Phi) is 4.84. The lowest BCUT2D eigenvalue weighted by atomic mass is 9.99. The molecule has 1 aromatic rings. The molecule has 1 aliphatic rings. The number of ether oxygens (including phenoxy) is 2. The van der Waals surface area contributed by atoms with Crippen LogP contribution in [0, 0.1) is 0 Å². The molecule has 9 nitrogen and oxygen atoms in total. The van der Waals surface area contributed by atoms with Crippen molar-refractivity contribution in [3.05, 3.63) is 23.8 Å². The van der Waals surface area contributed by atoms with Crippen molar-refractivity contribution in [3.8, 4) is 11.5 Å². The van der Waals surface area contributed by atoms with E-state index in [1.54, 1.807) is 0 Å². The molecule has 0 radical (unpaired) electrons. The van der Waals surface area contributed by atoms with Crippen LogP contribution in [0.2, 0.25) is 0 Å². The van der Waals surface area contributed by atoms with Gasteiger partial charge in [-0.05, 0) is 18.2 Å². The minimum atomic E-state index is -1.72. The number of hydrogen-bond donors (Lipinski definition) is 6. The van der Waals surface area contributed by atoms with E-state index in [1.807, 2.05) is 0 Å². The van der Waals surface area contributed by atoms with Gasteiger partial charge in [0.05, 0.1) is 5.56 Å². The zero-order chi connectivity index (χ0) is 16.4. The van der Waals surface area contributed by atoms with Gasteiger partial charge in [0, 0.05) is 0 Å². The maximum absolute atomic E-state index is 11.8. The Morgan fingerprint density at radius 3 is 2.36 bits per heavy atom. The highest BCUT2D eigenvalue weighted by molar-refractivity contribution is 5.90. The van der Waals surface area contributed by atoms with Crippen molar-refractivity contribution in [1.82, 2.24) is 0 Å². The average Bonchev–Trinajstić information content (AvgIpc) is 2.49. The number of carbonyl (C=O) groups excluding carboxylic acids is 1. The van der Waals surface area contributed by atoms with E-state index in [0.29, 0.717) is 0 Å². The second-order valence-corrected chi connectivity index (χ2v) is 4.84. The minimum absolute atomic E-state index is 0.0540. The molecule has 1 aromatic carbocycles. The third kappa shape index (κ3) is 3.29. The number of phenols is 2. The lowest BCUT2D eigenvalue weighted by Crippen LogP contribution is -2.58. The molecule has 0 saturated carbocycles. The van der Waals surface area contributed by atoms with Gasteiger partial charge in [0.15, 0.2) is 17.8 Å². The fourth-order valence-corrected chi connectivity index (χ4v) is 1.96. The average molecular weight is 316 g/mol. The van der Waals surface area contributed by atoms with E-state index in [4.69, 9.17) is 14.6 Å². The molecule has 6 N–H and O–H groups in total. The van der Waals surface area contributed by atoms with E-state index in [0.717, 1.165) is 12.1 Å². The van der Waals surface area contributed by atoms with Crippen LogP contribution >= 0.6 is 0 Å². The van der Waals surface area contributed by atoms with Crippen molar-refractivity contribution >= 4 is 5.97 Å². The summed E-state index contributed by atoms with van der Waals surface area (Å²) in [6.45, 7) is -0.498. The van der Waals surface area contributed by atoms with E-state index in [-0.39, 0.29) is 5.56 Å². The highest BCUT2D eigenvalue weighted by Crippen LogP contribution is 2.25. The molecular formula is C13H16O9. The first kappa shape index (κ1) is 16.5. The fourth-order valence-electron chi connectivity index (χ4n) is 1.96. The number of benzene rings is 1. The number of hydrogen-bond acceptors (Lipinski definition) is 9. The van der Waals surface area contributed by atoms with Gasteiger partial charge in [0.1, 0.15) is 31.0 Å². The summed E-state index contributed by atoms with van der Waals surface area (Å²) in [7, 11) is 0. The Balaban J connectivity index is 1.97. The van der Waals surface area contributed by atoms with Gasteiger partial charge in [-0.3, -0.25) is 0 Å². The quantitative estimate of drug-likeness (QED) is 0.275. The maximum Gasteiger partial charge on any atom is 0.338 e. The Morgan fingerprint density at radius 1 is 1.05 bits per heavy atom. The zero-order valence-corrected chi connectivity index (χ0v) is 11.2. The molecule has 22 heavy (non-hydrogen) atoms. The molecule has 5 unspecified atom stereocenters. The number of aromatic hydroxyl groups is 2. The molecule has 5 atom stereocenters. The van der Waals surface area contributed by atoms with Crippen LogP contribution in [0.5, 0.6) is 11.5 Å². The van der Waals surface area contributed by atoms with Crippen molar-refractivity contribution in [2.45, 2.75) is 30.7 Å². The van der Waals surface area contributed by atoms with Crippen molar-refractivity contribution < 1.29 is 44.9 Å². The summed E-state index contributed by atoms with van der Waals surface area (Å²) in [6.07, 6.45) is -7.83. The predicted molar refractivity (Wildman–Crippen MR) is 69.0 cm³/mol. The largest absolute Gasteiger partial charge is 0.504 e. The van der Waals surface area contributed by atoms with E-state index < -0.39 is 54.8 Å². The lowest BCUT2D eigenvalue weighted by molar-refractivity contribution is -0.286. The number of aliphatic hydroxyl groups excluding tert-OH is 4. The van der Waals surface area contributed by atoms with Crippen LogP contribution in [0.15, 0.2) is 18.2 Å². The number of aliphatic hydroxyl groups is 4. The second kappa shape index (κ2) is 6.46. The van der Waals surface area contributed by atoms with Crippen LogP contribution in [0.3, 0.4) is 0 Å². The maximum atomic E-state index is 11.8. The first-order valence-electron chi connectivity index (χ1n) is 6.38. The van der Waals surface area contributed by atoms with Crippen LogP contribution in [0.25, 0.3) is 0 Å². The summed E-state index contributed by atoms with van der Waals surface area (Å²) in [5.74, 6) is -1.78. The molecule has 1 fully saturated rings. The summed E-state index contributed by atoms with van der Waals surface area (Å²) in [5, 5.41) is 56.2. The molecule has 122 valence electrons. The topological polar surface area (TPSA) is 157 Å². The van der Waals surface area contributed by atoms with Gasteiger partial charge in [-0.25, -0.2) is 4.79 Å². The minimum Gasteiger partial charge on any atom is -0.504 e. The molecule has 0 aromatic heterocycles. The Labute approximate surface area is 124 Å². The van der Waals surface area contributed by atoms with Crippen molar-refractivity contribution in [1.29, 1.82) is 0 Å². The number of rotatable bonds is 3. The molecular weight excluding hydrogens is 300 g/mol. The highest BCUT2D eigenvalue weighted by Gasteiger charge is 2.43. The molecule has 0 amide bonds. The second-order valence-electron chi connectivity index (χ2n) is 4.84. The van der Waals surface area contributed by atoms with Gasteiger partial charge in [-0.1, -0.05) is 0 Å². The summed E-state index contributed by atoms with van der Waals surface area (Å²) >= 11 is 0. The van der Waals surface area contributed by atoms with Crippen LogP contribution in [0.1, 0.15) is 10.4 Å². The van der Waals surface area contributed by atoms with Gasteiger partial charge < -0.3 is 40.1 Å². The Morgan fingerprint density at radius 2 is 1.73 bits per heavy atom. The predicted octanol–water partition coefficient (Wildman–Crippen LogP) is -1.95. The van der Waals surface area contributed by atoms with E-state index >= 15 is 0 Å². The summed E-state index contributed by atoms with van der Waals surface area (Å²) in [5.41, 5.74) is -0.0540. The molecule has 0 aliphatic carbocycles. The summed E-state index contributed by atoms with van der Waals surface area (Å²) < 4.78 is 9.68. The summed E-state index contributed by atoms with van der Waals surface area (Å²) in [4.78, 5) is 11.8. The van der Waals surface area contributed by atoms with Crippen molar-refractivity contribution in [2.24, 2.45) is 0 Å². The first-order chi connectivity index (χ1) is 10.3. The van der Waals surface area contributed by atoms with Gasteiger partial charge >= 0.3 is 5.97 Å². The van der Waals surface area contributed by atoms with E-state index in [1.165, 1.54) is 6.07 Å². The van der Waals surface area contributed by atoms with Crippen LogP contribution in [-0.2, 0) is 9.47 Å². The fraction of sp³-hybridized carbons (Fsp3) is 0.462. The zero-order valence-electron chi connectivity index (χ0n) is 11.2. The first-order valence-corrected chi connectivity index (χ1v) is 6.38. The third-order valence-corrected chi connectivity index (χ3v) is 3.28. The Hall–Kier alpha value is -1.91. The smallest absolute Gasteiger partial charge is 0.338 e. The molecule has 9 heteroatoms. The monoisotopic (exact) mass is 316 g/mol. The van der Waals surface area contributed by atoms with E-state index in [9.17, 15) is 30.3 Å². The standard InChI is InChI=1S/C13H16O9/c14-6-2-1-5(3-7(6)15)12(19)21-4-8-9(16)10(17)11(18)13(20)22-8/h1-3,8-11,13-18,20H,4H2.